The molecule has 0 bridgehead atoms. The lowest BCUT2D eigenvalue weighted by Crippen LogP contribution is -2.60. The molecule has 0 unspecified atom stereocenters. The van der Waals surface area contributed by atoms with Crippen molar-refractivity contribution in [1.82, 2.24) is 5.32 Å². The summed E-state index contributed by atoms with van der Waals surface area (Å²) in [5.74, 6) is -2.26. The van der Waals surface area contributed by atoms with Gasteiger partial charge < -0.3 is 39.2 Å². The molecule has 0 radical (unpaired) electrons. The van der Waals surface area contributed by atoms with E-state index in [1.165, 1.54) is 24.3 Å². The summed E-state index contributed by atoms with van der Waals surface area (Å²) in [6, 6.07) is 13.8. The Hall–Kier alpha value is -4.67. The van der Waals surface area contributed by atoms with Crippen LogP contribution in [0.5, 0.6) is 0 Å². The number of halogens is 3. The summed E-state index contributed by atoms with van der Waals surface area (Å²) in [5.41, 5.74) is 2.64. The number of alkyl halides is 3. The lowest BCUT2D eigenvalue weighted by atomic mass is 9.99. The molecule has 1 aliphatic rings. The molecule has 2 aromatic rings. The Kier molecular flexibility index (Phi) is 17.5. The highest BCUT2D eigenvalue weighted by molar-refractivity contribution is 6.18. The predicted octanol–water partition coefficient (Wildman–Crippen LogP) is 4.09. The van der Waals surface area contributed by atoms with Crippen molar-refractivity contribution in [2.75, 3.05) is 53.5 Å². The summed E-state index contributed by atoms with van der Waals surface area (Å²) >= 11 is 11.8. The highest BCUT2D eigenvalue weighted by Gasteiger charge is 2.52. The highest BCUT2D eigenvalue weighted by Crippen LogP contribution is 2.30. The molecule has 5 atom stereocenters. The van der Waals surface area contributed by atoms with Gasteiger partial charge >= 0.3 is 24.0 Å². The minimum absolute atomic E-state index is 0.191. The van der Waals surface area contributed by atoms with Crippen molar-refractivity contribution in [1.29, 1.82) is 0 Å². The molecular formula is C35H43Cl2FN4O11. The number of aryl methyl sites for hydroxylation is 1. The molecule has 0 aromatic heterocycles. The standard InChI is InChI=1S/C35H43Cl2FN4O11/c1-21(43)49-20-28-32(50-22(2)44)33(51-23(3)45)31(38)34(52-28)53-35(48)41-26-11-9-25(10-12-26)40-30(47)19-39-29(46)6-4-5-24-7-13-27(14-8-24)42(17-15-36)18-16-37/h7-14,28,31-34H,4-6,15-20H2,1-3H3,(H,39,46)(H,40,47)(H,41,48)/t28-,31+,32-,33-,34+/m1/s1. The first-order chi connectivity index (χ1) is 25.3. The Balaban J connectivity index is 1.45. The largest absolute Gasteiger partial charge is 0.463 e. The first-order valence-corrected chi connectivity index (χ1v) is 17.7. The van der Waals surface area contributed by atoms with Crippen molar-refractivity contribution in [3.8, 4) is 0 Å². The molecule has 2 aromatic carbocycles. The number of ether oxygens (including phenoxy) is 5. The van der Waals surface area contributed by atoms with Crippen LogP contribution in [0.25, 0.3) is 0 Å². The summed E-state index contributed by atoms with van der Waals surface area (Å²) in [4.78, 5) is 74.3. The lowest BCUT2D eigenvalue weighted by Gasteiger charge is -2.41. The molecule has 1 fully saturated rings. The average Bonchev–Trinajstić information content (AvgIpc) is 3.10. The molecule has 3 rings (SSSR count). The van der Waals surface area contributed by atoms with E-state index < -0.39 is 67.3 Å². The van der Waals surface area contributed by atoms with E-state index in [0.29, 0.717) is 43.4 Å². The van der Waals surface area contributed by atoms with Crippen LogP contribution in [0.15, 0.2) is 48.5 Å². The van der Waals surface area contributed by atoms with E-state index in [4.69, 9.17) is 46.9 Å². The zero-order valence-corrected chi connectivity index (χ0v) is 31.0. The van der Waals surface area contributed by atoms with Crippen molar-refractivity contribution in [3.05, 3.63) is 54.1 Å². The smallest absolute Gasteiger partial charge is 0.414 e. The van der Waals surface area contributed by atoms with Crippen LogP contribution in [0.4, 0.5) is 26.2 Å². The van der Waals surface area contributed by atoms with Crippen molar-refractivity contribution in [3.63, 3.8) is 0 Å². The Labute approximate surface area is 316 Å². The van der Waals surface area contributed by atoms with Crippen LogP contribution in [0.1, 0.15) is 39.2 Å². The number of esters is 3. The number of anilines is 3. The number of hydrogen-bond acceptors (Lipinski definition) is 12. The van der Waals surface area contributed by atoms with Gasteiger partial charge in [0.2, 0.25) is 24.3 Å². The SMILES string of the molecule is CC(=O)OC[C@H]1O[C@@H](OC(=O)Nc2ccc(NC(=O)CNC(=O)CCCc3ccc(N(CCCl)CCCl)cc3)cc2)[C@@H](F)[C@@H](OC(C)=O)[C@@H]1OC(C)=O. The van der Waals surface area contributed by atoms with Crippen LogP contribution in [0, 0.1) is 0 Å². The molecule has 3 N–H and O–H groups in total. The van der Waals surface area contributed by atoms with Gasteiger partial charge in [-0.2, -0.15) is 0 Å². The topological polar surface area (TPSA) is 188 Å². The van der Waals surface area contributed by atoms with Crippen molar-refractivity contribution in [2.45, 2.75) is 70.8 Å². The van der Waals surface area contributed by atoms with Gasteiger partial charge in [-0.25, -0.2) is 9.18 Å². The molecule has 1 saturated heterocycles. The number of carbonyl (C=O) groups excluding carboxylic acids is 6. The van der Waals surface area contributed by atoms with E-state index in [9.17, 15) is 28.8 Å². The number of nitrogens with zero attached hydrogens (tertiary/aromatic N) is 1. The van der Waals surface area contributed by atoms with Gasteiger partial charge in [0.15, 0.2) is 12.2 Å². The fourth-order valence-corrected chi connectivity index (χ4v) is 5.63. The van der Waals surface area contributed by atoms with Crippen LogP contribution in [0.3, 0.4) is 0 Å². The molecule has 290 valence electrons. The summed E-state index contributed by atoms with van der Waals surface area (Å²) in [7, 11) is 0. The molecule has 1 aliphatic heterocycles. The maximum atomic E-state index is 15.5. The molecule has 0 spiro atoms. The van der Waals surface area contributed by atoms with Crippen LogP contribution in [-0.4, -0.2) is 105 Å². The van der Waals surface area contributed by atoms with Crippen molar-refractivity contribution in [2.24, 2.45) is 0 Å². The molecule has 0 saturated carbocycles. The van der Waals surface area contributed by atoms with Gasteiger partial charge in [-0.3, -0.25) is 29.3 Å². The molecule has 53 heavy (non-hydrogen) atoms. The third-order valence-electron chi connectivity index (χ3n) is 7.59. The fourth-order valence-electron chi connectivity index (χ4n) is 5.22. The first-order valence-electron chi connectivity index (χ1n) is 16.7. The number of nitrogens with one attached hydrogen (secondary N) is 3. The van der Waals surface area contributed by atoms with E-state index in [2.05, 4.69) is 20.9 Å². The number of carbonyl (C=O) groups is 6. The zero-order valence-electron chi connectivity index (χ0n) is 29.4. The Morgan fingerprint density at radius 2 is 1.36 bits per heavy atom. The second-order valence-electron chi connectivity index (χ2n) is 11.8. The number of hydrogen-bond donors (Lipinski definition) is 3. The molecular weight excluding hydrogens is 742 g/mol. The Bertz CT molecular complexity index is 1550. The van der Waals surface area contributed by atoms with Crippen LogP contribution in [-0.2, 0) is 54.1 Å². The van der Waals surface area contributed by atoms with Gasteiger partial charge in [0.05, 0.1) is 6.54 Å². The summed E-state index contributed by atoms with van der Waals surface area (Å²) in [5, 5.41) is 7.59. The molecule has 18 heteroatoms. The van der Waals surface area contributed by atoms with Gasteiger partial charge in [0, 0.05) is 69.1 Å². The minimum atomic E-state index is -2.29. The zero-order chi connectivity index (χ0) is 38.9. The lowest BCUT2D eigenvalue weighted by molar-refractivity contribution is -0.277. The van der Waals surface area contributed by atoms with Gasteiger partial charge in [-0.15, -0.1) is 23.2 Å². The normalized spacial score (nSPS) is 19.2. The molecule has 3 amide bonds. The summed E-state index contributed by atoms with van der Waals surface area (Å²) in [6.07, 6.45) is -8.52. The molecule has 1 heterocycles. The number of rotatable bonds is 18. The maximum Gasteiger partial charge on any atom is 0.414 e. The fraction of sp³-hybridized carbons (Fsp3) is 0.486. The van der Waals surface area contributed by atoms with Crippen molar-refractivity contribution >= 4 is 76.1 Å². The average molecular weight is 786 g/mol. The Morgan fingerprint density at radius 1 is 0.774 bits per heavy atom. The third kappa shape index (κ3) is 14.7. The van der Waals surface area contributed by atoms with Crippen molar-refractivity contribution < 1.29 is 56.8 Å². The first kappa shape index (κ1) is 42.7. The second-order valence-corrected chi connectivity index (χ2v) is 12.5. The quantitative estimate of drug-likeness (QED) is 0.112. The number of benzene rings is 2. The Morgan fingerprint density at radius 3 is 1.92 bits per heavy atom. The van der Waals surface area contributed by atoms with E-state index in [0.717, 1.165) is 32.0 Å². The van der Waals surface area contributed by atoms with Gasteiger partial charge in [0.1, 0.15) is 12.7 Å². The van der Waals surface area contributed by atoms with E-state index in [1.54, 1.807) is 0 Å². The predicted molar refractivity (Wildman–Crippen MR) is 193 cm³/mol. The van der Waals surface area contributed by atoms with Gasteiger partial charge in [-0.05, 0) is 54.8 Å². The van der Waals surface area contributed by atoms with Gasteiger partial charge in [0.25, 0.3) is 0 Å². The van der Waals surface area contributed by atoms with E-state index in [1.807, 2.05) is 24.3 Å². The van der Waals surface area contributed by atoms with Gasteiger partial charge in [-0.1, -0.05) is 12.1 Å². The third-order valence-corrected chi connectivity index (χ3v) is 7.93. The molecule has 0 aliphatic carbocycles. The van der Waals surface area contributed by atoms with Crippen LogP contribution < -0.4 is 20.9 Å². The minimum Gasteiger partial charge on any atom is -0.463 e. The molecule has 15 nitrogen and oxygen atoms in total. The van der Waals surface area contributed by atoms with Crippen LogP contribution >= 0.6 is 23.2 Å². The van der Waals surface area contributed by atoms with Crippen LogP contribution in [0.2, 0.25) is 0 Å². The number of amides is 3. The highest BCUT2D eigenvalue weighted by atomic mass is 35.5. The second kappa shape index (κ2) is 21.8. The monoisotopic (exact) mass is 784 g/mol. The van der Waals surface area contributed by atoms with E-state index >= 15 is 4.39 Å². The van der Waals surface area contributed by atoms with E-state index in [-0.39, 0.29) is 24.6 Å². The maximum absolute atomic E-state index is 15.5. The summed E-state index contributed by atoms with van der Waals surface area (Å²) in [6.45, 7) is 3.74. The summed E-state index contributed by atoms with van der Waals surface area (Å²) < 4.78 is 41.1.